The van der Waals surface area contributed by atoms with Crippen LogP contribution in [0, 0.1) is 11.6 Å². The summed E-state index contributed by atoms with van der Waals surface area (Å²) >= 11 is 13.6. The lowest BCUT2D eigenvalue weighted by atomic mass is 9.97. The Balaban J connectivity index is 1.20. The highest BCUT2D eigenvalue weighted by molar-refractivity contribution is 7.10. The number of halogens is 4. The summed E-state index contributed by atoms with van der Waals surface area (Å²) in [5, 5.41) is 7.97. The summed E-state index contributed by atoms with van der Waals surface area (Å²) in [6.07, 6.45) is 1.61. The third-order valence-electron chi connectivity index (χ3n) is 6.04. The van der Waals surface area contributed by atoms with Crippen LogP contribution in [0.4, 0.5) is 8.78 Å². The zero-order valence-corrected chi connectivity index (χ0v) is 20.6. The van der Waals surface area contributed by atoms with E-state index in [0.717, 1.165) is 35.5 Å². The van der Waals surface area contributed by atoms with Gasteiger partial charge < -0.3 is 9.42 Å². The number of likely N-dealkylation sites (tertiary alicyclic amines) is 1. The van der Waals surface area contributed by atoms with Crippen molar-refractivity contribution in [1.29, 1.82) is 0 Å². The number of nitrogens with zero attached hydrogens (tertiary/aromatic N) is 3. The zero-order chi connectivity index (χ0) is 24.5. The Bertz CT molecular complexity index is 1380. The third kappa shape index (κ3) is 5.24. The van der Waals surface area contributed by atoms with E-state index in [-0.39, 0.29) is 18.2 Å². The molecular weight excluding hydrogens is 515 g/mol. The van der Waals surface area contributed by atoms with E-state index < -0.39 is 11.6 Å². The molecule has 1 fully saturated rings. The predicted octanol–water partition coefficient (Wildman–Crippen LogP) is 7.00. The molecule has 10 heteroatoms. The van der Waals surface area contributed by atoms with Crippen LogP contribution in [0.2, 0.25) is 10.0 Å². The first-order valence-electron chi connectivity index (χ1n) is 11.0. The van der Waals surface area contributed by atoms with Crippen LogP contribution < -0.4 is 0 Å². The van der Waals surface area contributed by atoms with Gasteiger partial charge in [-0.3, -0.25) is 4.79 Å². The van der Waals surface area contributed by atoms with Gasteiger partial charge in [-0.2, -0.15) is 0 Å². The molecule has 5 nitrogen and oxygen atoms in total. The minimum Gasteiger partial charge on any atom is -0.354 e. The van der Waals surface area contributed by atoms with E-state index in [0.29, 0.717) is 45.8 Å². The number of hydrogen-bond donors (Lipinski definition) is 0. The van der Waals surface area contributed by atoms with Crippen molar-refractivity contribution in [1.82, 2.24) is 15.0 Å². The van der Waals surface area contributed by atoms with Crippen LogP contribution in [-0.2, 0) is 11.2 Å². The van der Waals surface area contributed by atoms with Gasteiger partial charge in [-0.05, 0) is 42.7 Å². The maximum atomic E-state index is 13.4. The Morgan fingerprint density at radius 1 is 1.03 bits per heavy atom. The third-order valence-corrected chi connectivity index (χ3v) is 7.78. The van der Waals surface area contributed by atoms with E-state index in [9.17, 15) is 13.6 Å². The molecule has 35 heavy (non-hydrogen) atoms. The highest BCUT2D eigenvalue weighted by Crippen LogP contribution is 2.35. The number of benzene rings is 2. The molecule has 3 heterocycles. The molecular formula is C25H19Cl2F2N3O2S. The fourth-order valence-electron chi connectivity index (χ4n) is 4.09. The van der Waals surface area contributed by atoms with Crippen LogP contribution in [0.15, 0.2) is 52.4 Å². The second-order valence-electron chi connectivity index (χ2n) is 8.36. The van der Waals surface area contributed by atoms with Crippen molar-refractivity contribution < 1.29 is 18.1 Å². The van der Waals surface area contributed by atoms with Gasteiger partial charge >= 0.3 is 0 Å². The molecule has 0 bridgehead atoms. The predicted molar refractivity (Wildman–Crippen MR) is 132 cm³/mol. The quantitative estimate of drug-likeness (QED) is 0.277. The monoisotopic (exact) mass is 533 g/mol. The smallest absolute Gasteiger partial charge is 0.226 e. The van der Waals surface area contributed by atoms with E-state index in [1.807, 2.05) is 17.5 Å². The lowest BCUT2D eigenvalue weighted by Crippen LogP contribution is -2.38. The summed E-state index contributed by atoms with van der Waals surface area (Å²) in [5.41, 5.74) is 2.61. The van der Waals surface area contributed by atoms with Gasteiger partial charge in [0.2, 0.25) is 5.91 Å². The van der Waals surface area contributed by atoms with Crippen LogP contribution >= 0.6 is 34.5 Å². The molecule has 1 amide bonds. The molecule has 0 spiro atoms. The van der Waals surface area contributed by atoms with Crippen molar-refractivity contribution in [2.45, 2.75) is 25.2 Å². The van der Waals surface area contributed by atoms with Gasteiger partial charge in [-0.15, -0.1) is 11.3 Å². The van der Waals surface area contributed by atoms with E-state index in [1.165, 1.54) is 6.07 Å². The molecule has 0 aliphatic carbocycles. The van der Waals surface area contributed by atoms with Crippen LogP contribution in [-0.4, -0.2) is 34.0 Å². The van der Waals surface area contributed by atoms with Crippen molar-refractivity contribution >= 4 is 40.4 Å². The van der Waals surface area contributed by atoms with E-state index >= 15 is 0 Å². The largest absolute Gasteiger partial charge is 0.354 e. The second-order valence-corrected chi connectivity index (χ2v) is 10.1. The molecule has 0 unspecified atom stereocenters. The standard InChI is InChI=1S/C25H19Cl2F2N3O2S/c26-17-3-2-16(11-18(17)27)21-12-23(34-31-21)22-13-35-25(30-22)15-5-7-32(8-6-15)24(33)10-14-1-4-19(28)20(29)9-14/h1-4,9,11-13,15H,5-8,10H2. The molecule has 1 aliphatic rings. The van der Waals surface area contributed by atoms with Gasteiger partial charge in [0.25, 0.3) is 0 Å². The number of carbonyl (C=O) groups excluding carboxylic acids is 1. The Morgan fingerprint density at radius 3 is 2.57 bits per heavy atom. The van der Waals surface area contributed by atoms with E-state index in [1.54, 1.807) is 28.4 Å². The molecule has 0 N–H and O–H groups in total. The Morgan fingerprint density at radius 2 is 1.83 bits per heavy atom. The van der Waals surface area contributed by atoms with Gasteiger partial charge in [-0.1, -0.05) is 40.5 Å². The second kappa shape index (κ2) is 10.0. The molecule has 1 saturated heterocycles. The topological polar surface area (TPSA) is 59.2 Å². The number of thiazole rings is 1. The summed E-state index contributed by atoms with van der Waals surface area (Å²) in [7, 11) is 0. The van der Waals surface area contributed by atoms with Gasteiger partial charge in [0, 0.05) is 36.0 Å². The van der Waals surface area contributed by atoms with Gasteiger partial charge in [0.05, 0.1) is 21.5 Å². The summed E-state index contributed by atoms with van der Waals surface area (Å²) in [6, 6.07) is 10.7. The fourth-order valence-corrected chi connectivity index (χ4v) is 5.37. The van der Waals surface area contributed by atoms with Crippen LogP contribution in [0.25, 0.3) is 22.7 Å². The van der Waals surface area contributed by atoms with Gasteiger partial charge in [0.1, 0.15) is 11.4 Å². The first-order chi connectivity index (χ1) is 16.9. The van der Waals surface area contributed by atoms with E-state index in [2.05, 4.69) is 5.16 Å². The summed E-state index contributed by atoms with van der Waals surface area (Å²) < 4.78 is 32.1. The average Bonchev–Trinajstić information content (AvgIpc) is 3.53. The van der Waals surface area contributed by atoms with Crippen molar-refractivity contribution in [2.24, 2.45) is 0 Å². The molecule has 5 rings (SSSR count). The first kappa shape index (κ1) is 23.9. The van der Waals surface area contributed by atoms with Crippen molar-refractivity contribution in [2.75, 3.05) is 13.1 Å². The van der Waals surface area contributed by atoms with Crippen molar-refractivity contribution in [3.8, 4) is 22.7 Å². The zero-order valence-electron chi connectivity index (χ0n) is 18.3. The lowest BCUT2D eigenvalue weighted by molar-refractivity contribution is -0.131. The number of aromatic nitrogens is 2. The molecule has 1 aliphatic heterocycles. The van der Waals surface area contributed by atoms with Gasteiger partial charge in [0.15, 0.2) is 17.4 Å². The molecule has 4 aromatic rings. The number of piperidine rings is 1. The maximum Gasteiger partial charge on any atom is 0.226 e. The minimum absolute atomic E-state index is 0.0515. The first-order valence-corrected chi connectivity index (χ1v) is 12.6. The maximum absolute atomic E-state index is 13.4. The van der Waals surface area contributed by atoms with Crippen LogP contribution in [0.1, 0.15) is 29.3 Å². The summed E-state index contributed by atoms with van der Waals surface area (Å²) in [4.78, 5) is 19.1. The van der Waals surface area contributed by atoms with Crippen LogP contribution in [0.5, 0.6) is 0 Å². The number of rotatable bonds is 5. The number of hydrogen-bond acceptors (Lipinski definition) is 5. The van der Waals surface area contributed by atoms with Crippen molar-refractivity contribution in [3.63, 3.8) is 0 Å². The Hall–Kier alpha value is -2.81. The number of amides is 1. The van der Waals surface area contributed by atoms with E-state index in [4.69, 9.17) is 32.7 Å². The Kier molecular flexibility index (Phi) is 6.86. The molecule has 0 radical (unpaired) electrons. The summed E-state index contributed by atoms with van der Waals surface area (Å²) in [5.74, 6) is -1.15. The summed E-state index contributed by atoms with van der Waals surface area (Å²) in [6.45, 7) is 1.18. The molecule has 0 saturated carbocycles. The lowest BCUT2D eigenvalue weighted by Gasteiger charge is -2.31. The highest BCUT2D eigenvalue weighted by atomic mass is 35.5. The fraction of sp³-hybridized carbons (Fsp3) is 0.240. The molecule has 2 aromatic heterocycles. The number of carbonyl (C=O) groups is 1. The Labute approximate surface area is 214 Å². The molecule has 0 atom stereocenters. The van der Waals surface area contributed by atoms with Gasteiger partial charge in [-0.25, -0.2) is 13.8 Å². The molecule has 180 valence electrons. The molecule has 2 aromatic carbocycles. The average molecular weight is 534 g/mol. The minimum atomic E-state index is -0.940. The van der Waals surface area contributed by atoms with Crippen molar-refractivity contribution in [3.05, 3.63) is 80.1 Å². The highest BCUT2D eigenvalue weighted by Gasteiger charge is 2.26. The normalized spacial score (nSPS) is 14.5. The van der Waals surface area contributed by atoms with Crippen LogP contribution in [0.3, 0.4) is 0 Å². The SMILES string of the molecule is O=C(Cc1ccc(F)c(F)c1)N1CCC(c2nc(-c3cc(-c4ccc(Cl)c(Cl)c4)no3)cs2)CC1.